The molecule has 23 heteroatoms. The Hall–Kier alpha value is -7.01. The predicted octanol–water partition coefficient (Wildman–Crippen LogP) is 7.89. The molecule has 336 valence electrons. The smallest absolute Gasteiger partial charge is 0.412 e. The number of alkyl halides is 6. The molecule has 0 aliphatic heterocycles. The second-order valence-electron chi connectivity index (χ2n) is 13.9. The van der Waals surface area contributed by atoms with Crippen LogP contribution in [0.15, 0.2) is 119 Å². The number of halogens is 6. The molecular weight excluding hydrogens is 899 g/mol. The fourth-order valence-corrected chi connectivity index (χ4v) is 8.60. The van der Waals surface area contributed by atoms with Gasteiger partial charge in [0, 0.05) is 25.0 Å². The van der Waals surface area contributed by atoms with E-state index < -0.39 is 85.0 Å². The largest absolute Gasteiger partial charge is 0.511 e. The van der Waals surface area contributed by atoms with Crippen molar-refractivity contribution >= 4 is 38.0 Å². The number of carbonyl (C=O) groups excluding carboxylic acids is 3. The van der Waals surface area contributed by atoms with Crippen LogP contribution in [0.25, 0.3) is 33.9 Å². The molecule has 0 aliphatic rings. The number of amides is 2. The molecule has 2 amide bonds. The number of nitrogens with zero attached hydrogens (tertiary/aromatic N) is 6. The summed E-state index contributed by atoms with van der Waals surface area (Å²) in [5.74, 6) is -2.32. The van der Waals surface area contributed by atoms with Crippen molar-refractivity contribution in [2.45, 2.75) is 49.8 Å². The summed E-state index contributed by atoms with van der Waals surface area (Å²) in [6, 6.07) is 23.2. The minimum Gasteiger partial charge on any atom is -0.412 e. The van der Waals surface area contributed by atoms with E-state index >= 15 is 0 Å². The number of benzene rings is 4. The number of hydrogen-bond acceptors (Lipinski definition) is 11. The standard InChI is InChI=1S/C41H34F6N6O9S2/c1-25-8-10-29(11-9-25)35-21-37(40(42,43)44)48-52(35)31-12-16-33(17-13-31)63(57,58)50(27(3)54)23-61-39(56)62-24-51(28(4)55)64(59,60)34-18-14-32(15-19-34)53-36(22-38(49-53)41(45,46)47)30-7-5-6-26(2)20-30/h5-22H,23-24H2,1-4H3. The third-order valence-electron chi connectivity index (χ3n) is 9.30. The molecular formula is C41H34F6N6O9S2. The SMILES string of the molecule is CC(=O)N(COC(=O)OCN(C(C)=O)S(=O)(=O)c1ccc(-n2nc(C(F)(F)F)cc2-c2cccc(C)c2)cc1)S(=O)(=O)c1ccc(-n2nc(C(F)(F)F)cc2-c2ccc(C)cc2)cc1. The van der Waals surface area contributed by atoms with Crippen LogP contribution in [-0.2, 0) is 51.5 Å². The number of carbonyl (C=O) groups is 3. The Bertz CT molecular complexity index is 2950. The molecule has 0 spiro atoms. The van der Waals surface area contributed by atoms with Crippen molar-refractivity contribution in [3.8, 4) is 33.9 Å². The van der Waals surface area contributed by atoms with Gasteiger partial charge in [-0.25, -0.2) is 31.0 Å². The molecule has 64 heavy (non-hydrogen) atoms. The van der Waals surface area contributed by atoms with Crippen LogP contribution in [0.4, 0.5) is 31.1 Å². The molecule has 2 heterocycles. The van der Waals surface area contributed by atoms with Gasteiger partial charge in [-0.05, 0) is 80.6 Å². The van der Waals surface area contributed by atoms with Crippen LogP contribution in [0.5, 0.6) is 0 Å². The number of ether oxygens (including phenoxy) is 2. The van der Waals surface area contributed by atoms with E-state index in [1.807, 2.05) is 0 Å². The third kappa shape index (κ3) is 9.94. The molecule has 0 saturated carbocycles. The average molecular weight is 933 g/mol. The van der Waals surface area contributed by atoms with E-state index in [4.69, 9.17) is 9.47 Å². The first-order valence-electron chi connectivity index (χ1n) is 18.4. The van der Waals surface area contributed by atoms with Gasteiger partial charge in [0.25, 0.3) is 20.0 Å². The Morgan fingerprint density at radius 1 is 0.562 bits per heavy atom. The van der Waals surface area contributed by atoms with E-state index in [1.165, 1.54) is 0 Å². The van der Waals surface area contributed by atoms with Gasteiger partial charge in [0.15, 0.2) is 24.8 Å². The number of sulfonamides is 2. The molecule has 0 bridgehead atoms. The molecule has 15 nitrogen and oxygen atoms in total. The summed E-state index contributed by atoms with van der Waals surface area (Å²) in [6.07, 6.45) is -11.3. The zero-order chi connectivity index (χ0) is 46.9. The molecule has 0 N–H and O–H groups in total. The minimum atomic E-state index is -4.82. The molecule has 4 aromatic carbocycles. The maximum atomic E-state index is 13.7. The summed E-state index contributed by atoms with van der Waals surface area (Å²) in [6.45, 7) is 2.56. The van der Waals surface area contributed by atoms with E-state index in [-0.39, 0.29) is 31.4 Å². The molecule has 0 saturated heterocycles. The fourth-order valence-electron chi connectivity index (χ4n) is 6.07. The predicted molar refractivity (Wildman–Crippen MR) is 214 cm³/mol. The van der Waals surface area contributed by atoms with E-state index in [0.717, 1.165) is 95.0 Å². The van der Waals surface area contributed by atoms with Crippen LogP contribution in [-0.4, -0.2) is 76.4 Å². The van der Waals surface area contributed by atoms with Crippen molar-refractivity contribution in [2.75, 3.05) is 13.5 Å². The van der Waals surface area contributed by atoms with Crippen LogP contribution < -0.4 is 0 Å². The summed E-state index contributed by atoms with van der Waals surface area (Å²) in [5, 5.41) is 7.35. The molecule has 0 radical (unpaired) electrons. The van der Waals surface area contributed by atoms with Crippen LogP contribution >= 0.6 is 0 Å². The van der Waals surface area contributed by atoms with E-state index in [1.54, 1.807) is 62.4 Å². The zero-order valence-corrected chi connectivity index (χ0v) is 35.4. The highest BCUT2D eigenvalue weighted by Gasteiger charge is 2.37. The maximum absolute atomic E-state index is 13.7. The van der Waals surface area contributed by atoms with E-state index in [9.17, 15) is 57.6 Å². The first kappa shape index (κ1) is 46.5. The van der Waals surface area contributed by atoms with Gasteiger partial charge in [-0.1, -0.05) is 53.6 Å². The van der Waals surface area contributed by atoms with Crippen molar-refractivity contribution in [3.05, 3.63) is 132 Å². The highest BCUT2D eigenvalue weighted by atomic mass is 32.2. The van der Waals surface area contributed by atoms with Gasteiger partial charge in [-0.3, -0.25) is 9.59 Å². The van der Waals surface area contributed by atoms with Gasteiger partial charge >= 0.3 is 18.5 Å². The Kier molecular flexibility index (Phi) is 12.8. The number of aryl methyl sites for hydroxylation is 2. The molecule has 6 aromatic rings. The summed E-state index contributed by atoms with van der Waals surface area (Å²) >= 11 is 0. The van der Waals surface area contributed by atoms with Crippen LogP contribution in [0, 0.1) is 13.8 Å². The maximum Gasteiger partial charge on any atom is 0.511 e. The molecule has 0 aliphatic carbocycles. The first-order chi connectivity index (χ1) is 29.9. The molecule has 0 fully saturated rings. The van der Waals surface area contributed by atoms with Crippen molar-refractivity contribution in [2.24, 2.45) is 0 Å². The topological polar surface area (TPSA) is 180 Å². The number of hydrogen-bond donors (Lipinski definition) is 0. The van der Waals surface area contributed by atoms with Gasteiger partial charge < -0.3 is 9.47 Å². The zero-order valence-electron chi connectivity index (χ0n) is 33.7. The Balaban J connectivity index is 1.15. The van der Waals surface area contributed by atoms with Crippen LogP contribution in [0.3, 0.4) is 0 Å². The summed E-state index contributed by atoms with van der Waals surface area (Å²) in [5.41, 5.74) is 0.0537. The van der Waals surface area contributed by atoms with Crippen molar-refractivity contribution in [1.82, 2.24) is 28.2 Å². The number of rotatable bonds is 12. The first-order valence-corrected chi connectivity index (χ1v) is 21.3. The molecule has 0 unspecified atom stereocenters. The average Bonchev–Trinajstić information content (AvgIpc) is 3.88. The Labute approximate surface area is 361 Å². The lowest BCUT2D eigenvalue weighted by atomic mass is 10.1. The van der Waals surface area contributed by atoms with Gasteiger partial charge in [-0.2, -0.15) is 45.2 Å². The summed E-state index contributed by atoms with van der Waals surface area (Å²) < 4.78 is 148. The lowest BCUT2D eigenvalue weighted by Gasteiger charge is -2.22. The van der Waals surface area contributed by atoms with Crippen LogP contribution in [0.2, 0.25) is 0 Å². The lowest BCUT2D eigenvalue weighted by molar-refractivity contribution is -0.142. The lowest BCUT2D eigenvalue weighted by Crippen LogP contribution is -2.40. The van der Waals surface area contributed by atoms with Gasteiger partial charge in [0.2, 0.25) is 11.8 Å². The van der Waals surface area contributed by atoms with Crippen LogP contribution in [0.1, 0.15) is 36.4 Å². The monoisotopic (exact) mass is 932 g/mol. The van der Waals surface area contributed by atoms with Gasteiger partial charge in [-0.15, -0.1) is 0 Å². The van der Waals surface area contributed by atoms with E-state index in [2.05, 4.69) is 10.2 Å². The third-order valence-corrected chi connectivity index (χ3v) is 12.9. The molecule has 2 aromatic heterocycles. The van der Waals surface area contributed by atoms with Gasteiger partial charge in [0.1, 0.15) is 0 Å². The summed E-state index contributed by atoms with van der Waals surface area (Å²) in [4.78, 5) is 36.5. The minimum absolute atomic E-state index is 0.0184. The second kappa shape index (κ2) is 17.6. The highest BCUT2D eigenvalue weighted by Crippen LogP contribution is 2.35. The second-order valence-corrected chi connectivity index (χ2v) is 17.6. The Morgan fingerprint density at radius 3 is 1.34 bits per heavy atom. The number of aromatic nitrogens is 4. The Morgan fingerprint density at radius 2 is 0.969 bits per heavy atom. The molecule has 6 rings (SSSR count). The highest BCUT2D eigenvalue weighted by molar-refractivity contribution is 7.90. The van der Waals surface area contributed by atoms with Crippen molar-refractivity contribution in [1.29, 1.82) is 0 Å². The van der Waals surface area contributed by atoms with E-state index in [0.29, 0.717) is 11.1 Å². The molecule has 0 atom stereocenters. The van der Waals surface area contributed by atoms with Crippen molar-refractivity contribution < 1.29 is 67.0 Å². The van der Waals surface area contributed by atoms with Gasteiger partial charge in [0.05, 0.1) is 32.6 Å². The fraction of sp³-hybridized carbons (Fsp3) is 0.195. The quantitative estimate of drug-likeness (QED) is 0.0662. The summed E-state index contributed by atoms with van der Waals surface area (Å²) in [7, 11) is -9.63. The normalized spacial score (nSPS) is 12.2. The van der Waals surface area contributed by atoms with Crippen molar-refractivity contribution in [3.63, 3.8) is 0 Å².